The SMILES string of the molecule is C.C.CC(C)(C(F)(F)F)C(F)(F)F.CC(C)(C)C.CC(C)=O.CC(C)C.CCC.CNC(=O)OC.CNC(C)=O.COC.COC(=O)OC.COC(C)=O.CS(C)(=O)=O.CSC. The molecule has 0 aliphatic rings. The molecular weight excluding hydrogens is 879 g/mol. The molecule has 0 aromatic heterocycles. The minimum atomic E-state index is -5.24. The standard InChI is InChI=1S/C5H6F6.C5H12.C4H10.C3H7NO2.C3H7NO.C3H6O3.C3H6O2.C3H6O.C3H8.C2H6O2S.C2H6O.C2H6S.2CH4/c1-3(2,4(6,7)8)5(9,10)11;1-5(2,3)4;1-4(2)3;1-4-3(5)6-2;1-3(5)4-2;1-5-3(4)6-2;1-3(4)5-2;1-3(2)4;1-3-2;1-5(2,3)4;2*1-3-2;;/h1-2H3;1-4H3;4H,1-3H3;1-2H3,(H,4,5);1-2H3,(H,4,5);1-2H3;1-2H3;1-2H3;3H2,1-2H3;1-2H3;2*1-2H3;2*1H4. The molecule has 0 rings (SSSR count). The minimum Gasteiger partial charge on any atom is -0.469 e. The van der Waals surface area contributed by atoms with Gasteiger partial charge in [-0.3, -0.25) is 9.59 Å². The zero-order chi connectivity index (χ0) is 52.3. The van der Waals surface area contributed by atoms with Gasteiger partial charge in [-0.05, 0) is 51.5 Å². The second-order valence-electron chi connectivity index (χ2n) is 13.8. The van der Waals surface area contributed by atoms with Gasteiger partial charge in [0.1, 0.15) is 15.6 Å². The molecule has 0 aliphatic heterocycles. The minimum absolute atomic E-state index is 0. The Kier molecular flexibility index (Phi) is 102. The Morgan fingerprint density at radius 1 is 0.613 bits per heavy atom. The average molecular weight is 973 g/mol. The molecule has 2 N–H and O–H groups in total. The first-order valence-corrected chi connectivity index (χ1v) is 21.5. The van der Waals surface area contributed by atoms with Crippen LogP contribution in [0, 0.1) is 16.7 Å². The number of ether oxygens (including phenoxy) is 5. The summed E-state index contributed by atoms with van der Waals surface area (Å²) in [6, 6.07) is 0. The van der Waals surface area contributed by atoms with E-state index in [-0.39, 0.29) is 46.4 Å². The molecule has 0 aliphatic carbocycles. The molecule has 0 unspecified atom stereocenters. The molecule has 2 amide bonds. The third-order valence-electron chi connectivity index (χ3n) is 2.78. The Balaban J connectivity index is -0.0000000344. The first kappa shape index (κ1) is 98.0. The van der Waals surface area contributed by atoms with E-state index in [1.807, 2.05) is 12.5 Å². The van der Waals surface area contributed by atoms with Gasteiger partial charge in [0.2, 0.25) is 5.91 Å². The quantitative estimate of drug-likeness (QED) is 0.133. The first-order valence-electron chi connectivity index (χ1n) is 17.5. The van der Waals surface area contributed by atoms with Crippen molar-refractivity contribution in [1.82, 2.24) is 10.6 Å². The number of halogens is 6. The second kappa shape index (κ2) is 64.6. The van der Waals surface area contributed by atoms with E-state index in [1.54, 1.807) is 33.0 Å². The second-order valence-corrected chi connectivity index (χ2v) is 16.9. The number of carbonyl (C=O) groups is 5. The van der Waals surface area contributed by atoms with Crippen molar-refractivity contribution in [2.45, 2.75) is 137 Å². The molecule has 22 heteroatoms. The van der Waals surface area contributed by atoms with Crippen molar-refractivity contribution >= 4 is 51.5 Å². The molecule has 0 aromatic rings. The Morgan fingerprint density at radius 3 is 0.758 bits per heavy atom. The van der Waals surface area contributed by atoms with Gasteiger partial charge in [0, 0.05) is 54.7 Å². The highest BCUT2D eigenvalue weighted by Gasteiger charge is 2.64. The number of thioether (sulfide) groups is 1. The number of ketones is 1. The highest BCUT2D eigenvalue weighted by atomic mass is 32.2. The number of hydrogen-bond donors (Lipinski definition) is 2. The molecule has 0 heterocycles. The monoisotopic (exact) mass is 973 g/mol. The van der Waals surface area contributed by atoms with Gasteiger partial charge >= 0.3 is 30.6 Å². The predicted octanol–water partition coefficient (Wildman–Crippen LogP) is 11.3. The molecule has 390 valence electrons. The van der Waals surface area contributed by atoms with E-state index < -0.39 is 39.9 Å². The number of alkyl halides is 6. The van der Waals surface area contributed by atoms with Crippen LogP contribution in [-0.4, -0.2) is 132 Å². The largest absolute Gasteiger partial charge is 0.507 e. The lowest BCUT2D eigenvalue weighted by atomic mass is 9.92. The number of rotatable bonds is 0. The number of nitrogens with one attached hydrogen (secondary N) is 2. The number of alkyl carbamates (subject to hydrolysis) is 1. The zero-order valence-electron chi connectivity index (χ0n) is 41.8. The van der Waals surface area contributed by atoms with Crippen LogP contribution in [0.3, 0.4) is 0 Å². The van der Waals surface area contributed by atoms with E-state index in [1.165, 1.54) is 69.6 Å². The van der Waals surface area contributed by atoms with Crippen molar-refractivity contribution < 1.29 is 82.4 Å². The lowest BCUT2D eigenvalue weighted by Gasteiger charge is -2.29. The summed E-state index contributed by atoms with van der Waals surface area (Å²) in [6.07, 6.45) is -3.90. The van der Waals surface area contributed by atoms with E-state index in [2.05, 4.69) is 96.6 Å². The molecule has 0 fully saturated rings. The molecule has 0 radical (unpaired) electrons. The highest BCUT2D eigenvalue weighted by Crippen LogP contribution is 2.49. The molecule has 0 atom stereocenters. The average Bonchev–Trinajstić information content (AvgIpc) is 3.03. The van der Waals surface area contributed by atoms with Gasteiger partial charge in [-0.15, -0.1) is 0 Å². The summed E-state index contributed by atoms with van der Waals surface area (Å²) in [5.41, 5.74) is -3.12. The fraction of sp³-hybridized carbons (Fsp3) is 0.875. The van der Waals surface area contributed by atoms with Crippen molar-refractivity contribution in [3.63, 3.8) is 0 Å². The fourth-order valence-electron chi connectivity index (χ4n) is 0.346. The lowest BCUT2D eigenvalue weighted by Crippen LogP contribution is -2.44. The van der Waals surface area contributed by atoms with Gasteiger partial charge in [-0.2, -0.15) is 38.1 Å². The summed E-state index contributed by atoms with van der Waals surface area (Å²) >= 11 is 1.75. The van der Waals surface area contributed by atoms with Crippen LogP contribution in [0.5, 0.6) is 0 Å². The van der Waals surface area contributed by atoms with Crippen LogP contribution < -0.4 is 10.6 Å². The van der Waals surface area contributed by atoms with Crippen molar-refractivity contribution in [2.75, 3.05) is 81.8 Å². The first-order chi connectivity index (χ1) is 26.4. The van der Waals surface area contributed by atoms with E-state index in [0.717, 1.165) is 18.4 Å². The fourth-order valence-corrected chi connectivity index (χ4v) is 0.346. The number of methoxy groups -OCH3 is 5. The molecule has 0 spiro atoms. The van der Waals surface area contributed by atoms with E-state index in [0.29, 0.717) is 5.41 Å². The van der Waals surface area contributed by atoms with Crippen molar-refractivity contribution in [1.29, 1.82) is 0 Å². The van der Waals surface area contributed by atoms with Gasteiger partial charge in [0.05, 0.1) is 28.4 Å². The Bertz CT molecular complexity index is 957. The third-order valence-corrected chi connectivity index (χ3v) is 2.78. The van der Waals surface area contributed by atoms with Crippen LogP contribution in [0.25, 0.3) is 0 Å². The molecule has 0 bridgehead atoms. The van der Waals surface area contributed by atoms with Crippen LogP contribution in [0.4, 0.5) is 35.9 Å². The summed E-state index contributed by atoms with van der Waals surface area (Å²) in [5, 5.41) is 4.64. The maximum atomic E-state index is 11.6. The maximum Gasteiger partial charge on any atom is 0.507 e. The molecule has 0 saturated carbocycles. The zero-order valence-corrected chi connectivity index (χ0v) is 43.4. The van der Waals surface area contributed by atoms with E-state index in [4.69, 9.17) is 0 Å². The Labute approximate surface area is 379 Å². The predicted molar refractivity (Wildman–Crippen MR) is 249 cm³/mol. The summed E-state index contributed by atoms with van der Waals surface area (Å²) in [5.74, 6) is 0.759. The lowest BCUT2D eigenvalue weighted by molar-refractivity contribution is -0.327. The van der Waals surface area contributed by atoms with Gasteiger partial charge in [0.15, 0.2) is 5.41 Å². The molecule has 14 nitrogen and oxygen atoms in total. The number of hydrogen-bond acceptors (Lipinski definition) is 13. The van der Waals surface area contributed by atoms with Crippen LogP contribution in [0.15, 0.2) is 0 Å². The highest BCUT2D eigenvalue weighted by molar-refractivity contribution is 7.97. The van der Waals surface area contributed by atoms with Crippen LogP contribution in [0.1, 0.15) is 125 Å². The summed E-state index contributed by atoms with van der Waals surface area (Å²) < 4.78 is 110. The van der Waals surface area contributed by atoms with Crippen LogP contribution in [0.2, 0.25) is 0 Å². The molecule has 0 saturated heterocycles. The Morgan fingerprint density at radius 2 is 0.758 bits per heavy atom. The number of sulfone groups is 1. The molecule has 0 aromatic carbocycles. The third kappa shape index (κ3) is 245. The number of Topliss-reactive ketones (excluding diaryl/α,β-unsaturated/α-hetero) is 1. The molecule has 62 heavy (non-hydrogen) atoms. The number of carbonyl (C=O) groups excluding carboxylic acids is 5. The van der Waals surface area contributed by atoms with Crippen LogP contribution >= 0.6 is 11.8 Å². The summed E-state index contributed by atoms with van der Waals surface area (Å²) in [7, 11) is 8.87. The normalized spacial score (nSPS) is 8.94. The van der Waals surface area contributed by atoms with E-state index in [9.17, 15) is 58.7 Å². The number of amides is 2. The van der Waals surface area contributed by atoms with Gasteiger partial charge in [-0.1, -0.05) is 83.6 Å². The van der Waals surface area contributed by atoms with Gasteiger partial charge in [0.25, 0.3) is 0 Å². The van der Waals surface area contributed by atoms with Crippen molar-refractivity contribution in [3.8, 4) is 0 Å². The van der Waals surface area contributed by atoms with Gasteiger partial charge < -0.3 is 39.1 Å². The topological polar surface area (TPSA) is 190 Å². The smallest absolute Gasteiger partial charge is 0.469 e. The van der Waals surface area contributed by atoms with Crippen molar-refractivity contribution in [2.24, 2.45) is 16.7 Å². The Hall–Kier alpha value is -3.01. The van der Waals surface area contributed by atoms with Crippen LogP contribution in [-0.2, 0) is 47.9 Å². The number of esters is 1. The van der Waals surface area contributed by atoms with Crippen molar-refractivity contribution in [3.05, 3.63) is 0 Å². The molecular formula is C40H94F6N2O12S2. The summed E-state index contributed by atoms with van der Waals surface area (Å²) in [6.45, 7) is 25.6. The van der Waals surface area contributed by atoms with Gasteiger partial charge in [-0.25, -0.2) is 18.0 Å². The van der Waals surface area contributed by atoms with E-state index >= 15 is 0 Å². The maximum absolute atomic E-state index is 11.6. The summed E-state index contributed by atoms with van der Waals surface area (Å²) in [4.78, 5) is 48.3.